The number of amides is 2. The fraction of sp³-hybridized carbons (Fsp3) is 0.0435. The molecule has 0 radical (unpaired) electrons. The Morgan fingerprint density at radius 3 is 2.03 bits per heavy atom. The van der Waals surface area contributed by atoms with Gasteiger partial charge in [0.15, 0.2) is 0 Å². The van der Waals surface area contributed by atoms with Crippen LogP contribution in [0.1, 0.15) is 26.3 Å². The monoisotopic (exact) mass is 413 g/mol. The number of benzene rings is 3. The van der Waals surface area contributed by atoms with E-state index in [0.29, 0.717) is 29.2 Å². The van der Waals surface area contributed by atoms with E-state index in [1.165, 1.54) is 6.33 Å². The fourth-order valence-electron chi connectivity index (χ4n) is 2.89. The summed E-state index contributed by atoms with van der Waals surface area (Å²) in [4.78, 5) is 27.5. The van der Waals surface area contributed by atoms with Crippen molar-refractivity contribution in [3.63, 3.8) is 0 Å². The van der Waals surface area contributed by atoms with E-state index < -0.39 is 5.91 Å². The molecule has 0 bridgehead atoms. The molecule has 0 unspecified atom stereocenters. The summed E-state index contributed by atoms with van der Waals surface area (Å²) in [6.07, 6.45) is 3.10. The maximum Gasteiger partial charge on any atom is 0.251 e. The topological polar surface area (TPSA) is 112 Å². The molecule has 0 aliphatic heterocycles. The van der Waals surface area contributed by atoms with Gasteiger partial charge in [0, 0.05) is 17.7 Å². The largest absolute Gasteiger partial charge is 0.457 e. The molecular formula is C23H19N5O3. The number of aromatic nitrogens is 3. The van der Waals surface area contributed by atoms with E-state index in [2.05, 4.69) is 15.4 Å². The number of carbonyl (C=O) groups is 2. The van der Waals surface area contributed by atoms with Gasteiger partial charge >= 0.3 is 0 Å². The molecule has 31 heavy (non-hydrogen) atoms. The third-order valence-corrected chi connectivity index (χ3v) is 4.56. The van der Waals surface area contributed by atoms with Crippen LogP contribution in [0.3, 0.4) is 0 Å². The van der Waals surface area contributed by atoms with Gasteiger partial charge in [0.1, 0.15) is 24.2 Å². The van der Waals surface area contributed by atoms with E-state index in [1.54, 1.807) is 59.5 Å². The zero-order valence-electron chi connectivity index (χ0n) is 16.4. The van der Waals surface area contributed by atoms with Crippen molar-refractivity contribution in [2.24, 2.45) is 5.73 Å². The summed E-state index contributed by atoms with van der Waals surface area (Å²) >= 11 is 0. The molecule has 8 heteroatoms. The van der Waals surface area contributed by atoms with Crippen molar-refractivity contribution < 1.29 is 14.3 Å². The van der Waals surface area contributed by atoms with Crippen molar-refractivity contribution in [3.05, 3.63) is 102 Å². The summed E-state index contributed by atoms with van der Waals surface area (Å²) in [7, 11) is 0. The third-order valence-electron chi connectivity index (χ3n) is 4.56. The van der Waals surface area contributed by atoms with Gasteiger partial charge in [-0.15, -0.1) is 0 Å². The van der Waals surface area contributed by atoms with Crippen LogP contribution in [-0.2, 0) is 6.54 Å². The Morgan fingerprint density at radius 1 is 0.871 bits per heavy atom. The number of nitrogens with two attached hydrogens (primary N) is 1. The maximum atomic E-state index is 12.4. The summed E-state index contributed by atoms with van der Waals surface area (Å²) in [5.74, 6) is 0.467. The molecule has 0 atom stereocenters. The number of ether oxygens (including phenoxy) is 1. The van der Waals surface area contributed by atoms with Crippen LogP contribution in [0.2, 0.25) is 0 Å². The Hall–Kier alpha value is -4.46. The van der Waals surface area contributed by atoms with Crippen molar-refractivity contribution in [3.8, 4) is 17.2 Å². The summed E-state index contributed by atoms with van der Waals surface area (Å²) in [6.45, 7) is 0.404. The molecule has 0 saturated carbocycles. The number of nitrogens with zero attached hydrogens (tertiary/aromatic N) is 3. The number of rotatable bonds is 7. The number of primary amides is 1. The Balaban J connectivity index is 1.32. The molecule has 4 rings (SSSR count). The molecule has 0 aliphatic carbocycles. The van der Waals surface area contributed by atoms with E-state index in [1.807, 2.05) is 24.3 Å². The summed E-state index contributed by atoms with van der Waals surface area (Å²) in [5, 5.41) is 6.98. The highest BCUT2D eigenvalue weighted by atomic mass is 16.5. The van der Waals surface area contributed by atoms with Crippen LogP contribution in [0.5, 0.6) is 11.5 Å². The van der Waals surface area contributed by atoms with Gasteiger partial charge in [-0.25, -0.2) is 9.67 Å². The Bertz CT molecular complexity index is 1170. The van der Waals surface area contributed by atoms with Gasteiger partial charge in [-0.3, -0.25) is 9.59 Å². The lowest BCUT2D eigenvalue weighted by Gasteiger charge is -2.09. The van der Waals surface area contributed by atoms with Gasteiger partial charge in [0.25, 0.3) is 5.91 Å². The molecule has 2 amide bonds. The van der Waals surface area contributed by atoms with Crippen LogP contribution in [0.25, 0.3) is 5.69 Å². The van der Waals surface area contributed by atoms with Crippen LogP contribution in [0.4, 0.5) is 0 Å². The average molecular weight is 413 g/mol. The van der Waals surface area contributed by atoms with Crippen LogP contribution >= 0.6 is 0 Å². The maximum absolute atomic E-state index is 12.4. The highest BCUT2D eigenvalue weighted by molar-refractivity contribution is 5.94. The van der Waals surface area contributed by atoms with E-state index in [4.69, 9.17) is 10.5 Å². The zero-order valence-corrected chi connectivity index (χ0v) is 16.4. The van der Waals surface area contributed by atoms with E-state index >= 15 is 0 Å². The molecule has 0 fully saturated rings. The zero-order chi connectivity index (χ0) is 21.6. The second-order valence-corrected chi connectivity index (χ2v) is 6.70. The number of hydrogen-bond donors (Lipinski definition) is 2. The smallest absolute Gasteiger partial charge is 0.251 e. The average Bonchev–Trinajstić information content (AvgIpc) is 3.34. The molecule has 154 valence electrons. The molecule has 0 spiro atoms. The van der Waals surface area contributed by atoms with Crippen LogP contribution in [0.15, 0.2) is 85.5 Å². The van der Waals surface area contributed by atoms with Crippen molar-refractivity contribution in [1.82, 2.24) is 20.1 Å². The number of hydrogen-bond acceptors (Lipinski definition) is 5. The SMILES string of the molecule is NC(=O)c1ccc(Oc2ccc(C(=O)NCc3ccc(-n4cncn4)cc3)cc2)cc1. The first-order chi connectivity index (χ1) is 15.1. The molecule has 1 heterocycles. The Kier molecular flexibility index (Phi) is 5.70. The Labute approximate surface area is 178 Å². The standard InChI is InChI=1S/C23H19N5O3/c24-22(29)17-3-9-20(10-4-17)31-21-11-5-18(6-12-21)23(30)26-13-16-1-7-19(8-2-16)28-15-25-14-27-28/h1-12,14-15H,13H2,(H2,24,29)(H,26,30). The summed E-state index contributed by atoms with van der Waals surface area (Å²) in [6, 6.07) is 21.0. The lowest BCUT2D eigenvalue weighted by molar-refractivity contribution is 0.0949. The molecular weight excluding hydrogens is 394 g/mol. The molecule has 0 saturated heterocycles. The van der Waals surface area contributed by atoms with Gasteiger partial charge in [-0.05, 0) is 66.2 Å². The second-order valence-electron chi connectivity index (χ2n) is 6.70. The predicted molar refractivity (Wildman–Crippen MR) is 114 cm³/mol. The first-order valence-corrected chi connectivity index (χ1v) is 9.48. The quantitative estimate of drug-likeness (QED) is 0.484. The third kappa shape index (κ3) is 4.94. The first kappa shape index (κ1) is 19.8. The Morgan fingerprint density at radius 2 is 1.48 bits per heavy atom. The number of nitrogens with one attached hydrogen (secondary N) is 1. The van der Waals surface area contributed by atoms with Crippen molar-refractivity contribution >= 4 is 11.8 Å². The van der Waals surface area contributed by atoms with E-state index in [9.17, 15) is 9.59 Å². The van der Waals surface area contributed by atoms with Crippen LogP contribution in [-0.4, -0.2) is 26.6 Å². The summed E-state index contributed by atoms with van der Waals surface area (Å²) in [5.41, 5.74) is 8.02. The minimum atomic E-state index is -0.493. The first-order valence-electron chi connectivity index (χ1n) is 9.48. The molecule has 3 aromatic carbocycles. The van der Waals surface area contributed by atoms with Crippen molar-refractivity contribution in [2.75, 3.05) is 0 Å². The lowest BCUT2D eigenvalue weighted by atomic mass is 10.1. The van der Waals surface area contributed by atoms with Gasteiger partial charge in [-0.2, -0.15) is 5.10 Å². The summed E-state index contributed by atoms with van der Waals surface area (Å²) < 4.78 is 7.39. The van der Waals surface area contributed by atoms with Gasteiger partial charge in [0.05, 0.1) is 5.69 Å². The molecule has 1 aromatic heterocycles. The van der Waals surface area contributed by atoms with E-state index in [-0.39, 0.29) is 5.91 Å². The predicted octanol–water partition coefficient (Wildman–Crippen LogP) is 3.09. The van der Waals surface area contributed by atoms with Gasteiger partial charge in [0.2, 0.25) is 5.91 Å². The fourth-order valence-corrected chi connectivity index (χ4v) is 2.89. The highest BCUT2D eigenvalue weighted by Crippen LogP contribution is 2.22. The molecule has 8 nitrogen and oxygen atoms in total. The van der Waals surface area contributed by atoms with Crippen LogP contribution < -0.4 is 15.8 Å². The minimum Gasteiger partial charge on any atom is -0.457 e. The van der Waals surface area contributed by atoms with Gasteiger partial charge in [-0.1, -0.05) is 12.1 Å². The number of carbonyl (C=O) groups excluding carboxylic acids is 2. The van der Waals surface area contributed by atoms with Crippen molar-refractivity contribution in [1.29, 1.82) is 0 Å². The second kappa shape index (κ2) is 8.91. The van der Waals surface area contributed by atoms with Gasteiger partial charge < -0.3 is 15.8 Å². The molecule has 3 N–H and O–H groups in total. The normalized spacial score (nSPS) is 10.5. The minimum absolute atomic E-state index is 0.183. The molecule has 4 aromatic rings. The van der Waals surface area contributed by atoms with Crippen molar-refractivity contribution in [2.45, 2.75) is 6.54 Å². The lowest BCUT2D eigenvalue weighted by Crippen LogP contribution is -2.22. The van der Waals surface area contributed by atoms with Crippen LogP contribution in [0, 0.1) is 0 Å². The van der Waals surface area contributed by atoms with E-state index in [0.717, 1.165) is 11.3 Å². The molecule has 0 aliphatic rings. The highest BCUT2D eigenvalue weighted by Gasteiger charge is 2.07.